The van der Waals surface area contributed by atoms with Gasteiger partial charge in [-0.15, -0.1) is 0 Å². The molecule has 0 aromatic heterocycles. The van der Waals surface area contributed by atoms with Gasteiger partial charge in [-0.3, -0.25) is 4.79 Å². The molecular formula is C15H32O4Si. The van der Waals surface area contributed by atoms with Crippen LogP contribution in [-0.2, 0) is 19.0 Å². The van der Waals surface area contributed by atoms with Gasteiger partial charge in [0.2, 0.25) is 0 Å². The molecule has 0 radical (unpaired) electrons. The summed E-state index contributed by atoms with van der Waals surface area (Å²) < 4.78 is 15.5. The van der Waals surface area contributed by atoms with Gasteiger partial charge in [-0.2, -0.15) is 0 Å². The van der Waals surface area contributed by atoms with E-state index in [0.29, 0.717) is 19.6 Å². The van der Waals surface area contributed by atoms with Crippen molar-refractivity contribution in [3.8, 4) is 0 Å². The average molecular weight is 305 g/mol. The Balaban J connectivity index is 3.23. The van der Waals surface area contributed by atoms with Gasteiger partial charge in [-0.25, -0.2) is 0 Å². The first-order chi connectivity index (χ1) is 9.45. The number of rotatable bonds is 13. The van der Waals surface area contributed by atoms with Gasteiger partial charge in [0, 0.05) is 34.8 Å². The molecule has 0 atom stereocenters. The lowest BCUT2D eigenvalue weighted by molar-refractivity contribution is -0.145. The number of ether oxygens (including phenoxy) is 3. The summed E-state index contributed by atoms with van der Waals surface area (Å²) in [6, 6.07) is 1.29. The SMILES string of the molecule is COCCCCCC(=O)OCCOCCC[Si](C)(C)C. The first kappa shape index (κ1) is 19.6. The highest BCUT2D eigenvalue weighted by atomic mass is 28.3. The molecule has 20 heavy (non-hydrogen) atoms. The normalized spacial score (nSPS) is 11.6. The predicted octanol–water partition coefficient (Wildman–Crippen LogP) is 3.48. The highest BCUT2D eigenvalue weighted by molar-refractivity contribution is 6.76. The van der Waals surface area contributed by atoms with Crippen LogP contribution in [0.1, 0.15) is 32.1 Å². The molecule has 0 N–H and O–H groups in total. The summed E-state index contributed by atoms with van der Waals surface area (Å²) in [4.78, 5) is 11.4. The third kappa shape index (κ3) is 15.7. The van der Waals surface area contributed by atoms with Crippen molar-refractivity contribution in [3.63, 3.8) is 0 Å². The largest absolute Gasteiger partial charge is 0.463 e. The molecule has 5 heteroatoms. The number of carbonyl (C=O) groups excluding carboxylic acids is 1. The Morgan fingerprint density at radius 3 is 2.30 bits per heavy atom. The minimum Gasteiger partial charge on any atom is -0.463 e. The van der Waals surface area contributed by atoms with E-state index in [9.17, 15) is 4.79 Å². The zero-order valence-electron chi connectivity index (χ0n) is 13.7. The summed E-state index contributed by atoms with van der Waals surface area (Å²) in [5.41, 5.74) is 0. The third-order valence-corrected chi connectivity index (χ3v) is 4.79. The fraction of sp³-hybridized carbons (Fsp3) is 0.933. The average Bonchev–Trinajstić information content (AvgIpc) is 2.36. The first-order valence-electron chi connectivity index (χ1n) is 7.68. The lowest BCUT2D eigenvalue weighted by Crippen LogP contribution is -2.20. The molecule has 0 amide bonds. The van der Waals surface area contributed by atoms with Crippen molar-refractivity contribution in [3.05, 3.63) is 0 Å². The fourth-order valence-corrected chi connectivity index (χ4v) is 2.99. The van der Waals surface area contributed by atoms with Crippen LogP contribution in [0.25, 0.3) is 0 Å². The van der Waals surface area contributed by atoms with Crippen LogP contribution in [0.2, 0.25) is 25.7 Å². The molecule has 0 saturated carbocycles. The van der Waals surface area contributed by atoms with Crippen LogP contribution in [0.5, 0.6) is 0 Å². The lowest BCUT2D eigenvalue weighted by atomic mass is 10.2. The number of carbonyl (C=O) groups is 1. The van der Waals surface area contributed by atoms with Crippen molar-refractivity contribution >= 4 is 14.0 Å². The van der Waals surface area contributed by atoms with E-state index >= 15 is 0 Å². The first-order valence-corrected chi connectivity index (χ1v) is 11.4. The quantitative estimate of drug-likeness (QED) is 0.297. The van der Waals surface area contributed by atoms with Gasteiger partial charge in [0.25, 0.3) is 0 Å². The van der Waals surface area contributed by atoms with Crippen LogP contribution >= 0.6 is 0 Å². The fourth-order valence-electron chi connectivity index (χ4n) is 1.79. The Morgan fingerprint density at radius 2 is 1.65 bits per heavy atom. The number of hydrogen-bond acceptors (Lipinski definition) is 4. The molecule has 0 bridgehead atoms. The molecule has 4 nitrogen and oxygen atoms in total. The number of unbranched alkanes of at least 4 members (excludes halogenated alkanes) is 2. The van der Waals surface area contributed by atoms with Gasteiger partial charge >= 0.3 is 5.97 Å². The summed E-state index contributed by atoms with van der Waals surface area (Å²) in [5, 5.41) is 0. The Kier molecular flexibility index (Phi) is 12.1. The van der Waals surface area contributed by atoms with Crippen LogP contribution in [0.15, 0.2) is 0 Å². The predicted molar refractivity (Wildman–Crippen MR) is 84.9 cm³/mol. The smallest absolute Gasteiger partial charge is 0.305 e. The van der Waals surface area contributed by atoms with Gasteiger partial charge in [0.1, 0.15) is 6.61 Å². The van der Waals surface area contributed by atoms with Crippen LogP contribution in [0.3, 0.4) is 0 Å². The molecule has 0 aliphatic rings. The standard InChI is InChI=1S/C15H32O4Si/c1-17-10-7-5-6-9-15(16)19-13-12-18-11-8-14-20(2,3)4/h5-14H2,1-4H3. The van der Waals surface area contributed by atoms with E-state index in [1.807, 2.05) is 0 Å². The molecule has 0 rings (SSSR count). The molecule has 0 unspecified atom stereocenters. The van der Waals surface area contributed by atoms with E-state index < -0.39 is 8.07 Å². The maximum atomic E-state index is 11.4. The number of esters is 1. The van der Waals surface area contributed by atoms with E-state index in [-0.39, 0.29) is 5.97 Å². The molecule has 0 aliphatic carbocycles. The summed E-state index contributed by atoms with van der Waals surface area (Å²) >= 11 is 0. The van der Waals surface area contributed by atoms with Crippen molar-refractivity contribution < 1.29 is 19.0 Å². The van der Waals surface area contributed by atoms with Crippen LogP contribution in [0.4, 0.5) is 0 Å². The molecular weight excluding hydrogens is 272 g/mol. The minimum atomic E-state index is -0.943. The van der Waals surface area contributed by atoms with Gasteiger partial charge in [-0.1, -0.05) is 32.1 Å². The highest BCUT2D eigenvalue weighted by Crippen LogP contribution is 2.10. The van der Waals surface area contributed by atoms with Crippen LogP contribution in [-0.4, -0.2) is 47.6 Å². The lowest BCUT2D eigenvalue weighted by Gasteiger charge is -2.15. The summed E-state index contributed by atoms with van der Waals surface area (Å²) in [6.07, 6.45) is 4.50. The maximum Gasteiger partial charge on any atom is 0.305 e. The van der Waals surface area contributed by atoms with Crippen molar-refractivity contribution in [2.45, 2.75) is 57.8 Å². The monoisotopic (exact) mass is 304 g/mol. The van der Waals surface area contributed by atoms with Crippen molar-refractivity contribution in [2.24, 2.45) is 0 Å². The highest BCUT2D eigenvalue weighted by Gasteiger charge is 2.11. The molecule has 0 aromatic rings. The molecule has 0 fully saturated rings. The zero-order chi connectivity index (χ0) is 15.3. The summed E-state index contributed by atoms with van der Waals surface area (Å²) in [5.74, 6) is -0.117. The summed E-state index contributed by atoms with van der Waals surface area (Å²) in [6.45, 7) is 9.52. The second-order valence-electron chi connectivity index (χ2n) is 6.30. The van der Waals surface area contributed by atoms with Crippen LogP contribution in [0, 0.1) is 0 Å². The molecule has 0 heterocycles. The Morgan fingerprint density at radius 1 is 0.900 bits per heavy atom. The Hall–Kier alpha value is -0.393. The van der Waals surface area contributed by atoms with Gasteiger partial charge < -0.3 is 14.2 Å². The number of methoxy groups -OCH3 is 1. The Bertz CT molecular complexity index is 239. The number of hydrogen-bond donors (Lipinski definition) is 0. The van der Waals surface area contributed by atoms with E-state index in [0.717, 1.165) is 38.9 Å². The van der Waals surface area contributed by atoms with Crippen molar-refractivity contribution in [2.75, 3.05) is 33.5 Å². The summed E-state index contributed by atoms with van der Waals surface area (Å²) in [7, 11) is 0.750. The zero-order valence-corrected chi connectivity index (χ0v) is 14.7. The van der Waals surface area contributed by atoms with E-state index in [1.54, 1.807) is 7.11 Å². The van der Waals surface area contributed by atoms with E-state index in [1.165, 1.54) is 6.04 Å². The van der Waals surface area contributed by atoms with E-state index in [2.05, 4.69) is 19.6 Å². The van der Waals surface area contributed by atoms with E-state index in [4.69, 9.17) is 14.2 Å². The van der Waals surface area contributed by atoms with Gasteiger partial charge in [-0.05, 0) is 19.3 Å². The van der Waals surface area contributed by atoms with Gasteiger partial charge in [0.05, 0.1) is 6.61 Å². The minimum absolute atomic E-state index is 0.117. The second kappa shape index (κ2) is 12.4. The third-order valence-electron chi connectivity index (χ3n) is 2.94. The van der Waals surface area contributed by atoms with Crippen molar-refractivity contribution in [1.82, 2.24) is 0 Å². The van der Waals surface area contributed by atoms with Gasteiger partial charge in [0.15, 0.2) is 0 Å². The van der Waals surface area contributed by atoms with Crippen LogP contribution < -0.4 is 0 Å². The molecule has 0 aromatic carbocycles. The maximum absolute atomic E-state index is 11.4. The molecule has 120 valence electrons. The molecule has 0 aliphatic heterocycles. The molecule has 0 saturated heterocycles. The Labute approximate surface area is 125 Å². The second-order valence-corrected chi connectivity index (χ2v) is 11.9. The van der Waals surface area contributed by atoms with Crippen molar-refractivity contribution in [1.29, 1.82) is 0 Å². The molecule has 0 spiro atoms. The topological polar surface area (TPSA) is 44.8 Å².